The minimum absolute atomic E-state index is 0.222. The lowest BCUT2D eigenvalue weighted by atomic mass is 9.74. The summed E-state index contributed by atoms with van der Waals surface area (Å²) in [7, 11) is 2.02. The topological polar surface area (TPSA) is 45.1 Å². The number of para-hydroxylation sites is 1. The molecule has 4 heterocycles. The number of anilines is 1. The number of aryl methyl sites for hydroxylation is 1. The Morgan fingerprint density at radius 1 is 1.16 bits per heavy atom. The summed E-state index contributed by atoms with van der Waals surface area (Å²) in [5, 5.41) is 12.1. The van der Waals surface area contributed by atoms with Gasteiger partial charge in [0, 0.05) is 49.0 Å². The molecule has 0 radical (unpaired) electrons. The highest BCUT2D eigenvalue weighted by Crippen LogP contribution is 2.42. The number of fused-ring (bicyclic) bond motifs is 3. The number of halogens is 1. The molecule has 3 fully saturated rings. The highest BCUT2D eigenvalue weighted by Gasteiger charge is 2.41. The second kappa shape index (κ2) is 9.00. The van der Waals surface area contributed by atoms with Crippen LogP contribution in [0, 0.1) is 11.7 Å². The monoisotopic (exact) mass is 449 g/mol. The van der Waals surface area contributed by atoms with Crippen molar-refractivity contribution in [2.75, 3.05) is 25.0 Å². The number of nitrogens with zero attached hydrogens (tertiary/aromatic N) is 3. The van der Waals surface area contributed by atoms with E-state index in [-0.39, 0.29) is 5.82 Å². The molecule has 3 aliphatic heterocycles. The minimum atomic E-state index is -0.222. The van der Waals surface area contributed by atoms with E-state index in [0.29, 0.717) is 23.0 Å². The number of benzene rings is 2. The third-order valence-electron chi connectivity index (χ3n) is 6.84. The van der Waals surface area contributed by atoms with Crippen LogP contribution in [0.15, 0.2) is 60.7 Å². The first-order chi connectivity index (χ1) is 15.6. The summed E-state index contributed by atoms with van der Waals surface area (Å²) in [6.07, 6.45) is 2.37. The Bertz CT molecular complexity index is 1080. The first-order valence-electron chi connectivity index (χ1n) is 11.2. The van der Waals surface area contributed by atoms with Crippen molar-refractivity contribution in [1.29, 1.82) is 0 Å². The van der Waals surface area contributed by atoms with Gasteiger partial charge in [-0.2, -0.15) is 5.10 Å². The van der Waals surface area contributed by atoms with Gasteiger partial charge < -0.3 is 10.6 Å². The number of hydrogen-bond donors (Lipinski definition) is 2. The average molecular weight is 450 g/mol. The van der Waals surface area contributed by atoms with Crippen molar-refractivity contribution in [1.82, 2.24) is 20.0 Å². The molecule has 2 bridgehead atoms. The number of thiocarbonyl (C=S) groups is 1. The summed E-state index contributed by atoms with van der Waals surface area (Å²) in [6.45, 7) is 3.03. The van der Waals surface area contributed by atoms with Crippen LogP contribution in [0.1, 0.15) is 24.5 Å². The summed E-state index contributed by atoms with van der Waals surface area (Å²) < 4.78 is 15.3. The zero-order valence-electron chi connectivity index (χ0n) is 18.2. The van der Waals surface area contributed by atoms with E-state index >= 15 is 0 Å². The van der Waals surface area contributed by atoms with Gasteiger partial charge in [-0.3, -0.25) is 9.58 Å². The van der Waals surface area contributed by atoms with Crippen LogP contribution >= 0.6 is 12.2 Å². The van der Waals surface area contributed by atoms with Gasteiger partial charge in [0.1, 0.15) is 5.82 Å². The molecule has 4 atom stereocenters. The normalized spacial score (nSPS) is 24.3. The highest BCUT2D eigenvalue weighted by molar-refractivity contribution is 7.80. The van der Waals surface area contributed by atoms with Crippen molar-refractivity contribution >= 4 is 23.0 Å². The summed E-state index contributed by atoms with van der Waals surface area (Å²) in [6, 6.07) is 19.3. The number of piperidine rings is 3. The minimum Gasteiger partial charge on any atom is -0.361 e. The van der Waals surface area contributed by atoms with Gasteiger partial charge in [-0.25, -0.2) is 4.39 Å². The molecule has 3 aromatic rings. The van der Waals surface area contributed by atoms with Crippen LogP contribution in [0.2, 0.25) is 0 Å². The van der Waals surface area contributed by atoms with Crippen LogP contribution in [-0.4, -0.2) is 45.5 Å². The Morgan fingerprint density at radius 2 is 1.94 bits per heavy atom. The van der Waals surface area contributed by atoms with Gasteiger partial charge in [-0.05, 0) is 80.0 Å². The van der Waals surface area contributed by atoms with Crippen LogP contribution in [-0.2, 0) is 7.05 Å². The second-order valence-electron chi connectivity index (χ2n) is 8.83. The third kappa shape index (κ3) is 4.40. The van der Waals surface area contributed by atoms with Crippen LogP contribution in [0.25, 0.3) is 11.3 Å². The summed E-state index contributed by atoms with van der Waals surface area (Å²) in [5.41, 5.74) is 4.14. The van der Waals surface area contributed by atoms with Gasteiger partial charge in [0.25, 0.3) is 0 Å². The van der Waals surface area contributed by atoms with Gasteiger partial charge >= 0.3 is 0 Å². The summed E-state index contributed by atoms with van der Waals surface area (Å²) in [5.74, 6) is 0.889. The van der Waals surface area contributed by atoms with E-state index in [1.165, 1.54) is 24.2 Å². The lowest BCUT2D eigenvalue weighted by molar-refractivity contribution is 0.0303. The lowest BCUT2D eigenvalue weighted by Gasteiger charge is -2.50. The first-order valence-corrected chi connectivity index (χ1v) is 11.6. The Labute approximate surface area is 193 Å². The molecule has 166 valence electrons. The molecular formula is C25H28FN5S. The van der Waals surface area contributed by atoms with E-state index in [9.17, 15) is 4.39 Å². The van der Waals surface area contributed by atoms with Crippen LogP contribution in [0.4, 0.5) is 10.1 Å². The van der Waals surface area contributed by atoms with E-state index in [0.717, 1.165) is 43.0 Å². The lowest BCUT2D eigenvalue weighted by Crippen LogP contribution is -2.56. The second-order valence-corrected chi connectivity index (χ2v) is 9.23. The molecule has 0 aliphatic carbocycles. The third-order valence-corrected chi connectivity index (χ3v) is 7.09. The summed E-state index contributed by atoms with van der Waals surface area (Å²) >= 11 is 5.49. The first kappa shape index (κ1) is 21.1. The van der Waals surface area contributed by atoms with Crippen molar-refractivity contribution in [2.24, 2.45) is 13.0 Å². The largest absolute Gasteiger partial charge is 0.361 e. The Balaban J connectivity index is 1.22. The maximum Gasteiger partial charge on any atom is 0.170 e. The zero-order valence-corrected chi connectivity index (χ0v) is 19.0. The van der Waals surface area contributed by atoms with Crippen molar-refractivity contribution in [3.05, 3.63) is 72.2 Å². The van der Waals surface area contributed by atoms with Gasteiger partial charge in [0.05, 0.1) is 5.69 Å². The molecule has 3 saturated heterocycles. The number of aromatic nitrogens is 2. The fourth-order valence-electron chi connectivity index (χ4n) is 5.18. The maximum atomic E-state index is 13.3. The van der Waals surface area contributed by atoms with E-state index in [4.69, 9.17) is 17.3 Å². The molecule has 2 N–H and O–H groups in total. The van der Waals surface area contributed by atoms with Crippen LogP contribution in [0.3, 0.4) is 0 Å². The number of nitrogens with one attached hydrogen (secondary N) is 2. The van der Waals surface area contributed by atoms with Crippen molar-refractivity contribution < 1.29 is 4.39 Å². The van der Waals surface area contributed by atoms with Crippen LogP contribution < -0.4 is 10.6 Å². The molecule has 2 aromatic carbocycles. The molecule has 3 aliphatic rings. The van der Waals surface area contributed by atoms with Gasteiger partial charge in [-0.15, -0.1) is 0 Å². The molecule has 0 spiro atoms. The predicted molar refractivity (Wildman–Crippen MR) is 130 cm³/mol. The molecule has 4 unspecified atom stereocenters. The molecule has 6 rings (SSSR count). The maximum absolute atomic E-state index is 13.3. The van der Waals surface area contributed by atoms with Crippen LogP contribution in [0.5, 0.6) is 0 Å². The van der Waals surface area contributed by atoms with E-state index < -0.39 is 0 Å². The standard InChI is InChI=1S/C25H28FN5S/c1-30-24(14-23(29-30)17-7-9-19(26)10-8-17)22-16-31-12-11-18(22)13-21(31)15-27-25(32)28-20-5-3-2-4-6-20/h2-10,14,18,21-22H,11-13,15-16H2,1H3,(H2,27,28,32). The molecule has 7 heteroatoms. The SMILES string of the molecule is Cn1nc(-c2ccc(F)cc2)cc1C1CN2CCC1CC2CNC(=S)Nc1ccccc1. The van der Waals surface area contributed by atoms with Crippen molar-refractivity contribution in [3.63, 3.8) is 0 Å². The quantitative estimate of drug-likeness (QED) is 0.566. The van der Waals surface area contributed by atoms with E-state index in [1.807, 2.05) is 42.1 Å². The highest BCUT2D eigenvalue weighted by atomic mass is 32.1. The zero-order chi connectivity index (χ0) is 22.1. The van der Waals surface area contributed by atoms with Gasteiger partial charge in [-0.1, -0.05) is 18.2 Å². The Morgan fingerprint density at radius 3 is 2.66 bits per heavy atom. The van der Waals surface area contributed by atoms with E-state index in [1.54, 1.807) is 12.1 Å². The molecule has 0 saturated carbocycles. The van der Waals surface area contributed by atoms with Gasteiger partial charge in [0.2, 0.25) is 0 Å². The summed E-state index contributed by atoms with van der Waals surface area (Å²) in [4.78, 5) is 2.59. The number of hydrogen-bond acceptors (Lipinski definition) is 3. The number of rotatable bonds is 5. The van der Waals surface area contributed by atoms with E-state index in [2.05, 4.69) is 21.6 Å². The average Bonchev–Trinajstić information content (AvgIpc) is 3.20. The predicted octanol–water partition coefficient (Wildman–Crippen LogP) is 4.39. The fourth-order valence-corrected chi connectivity index (χ4v) is 5.38. The molecule has 0 amide bonds. The van der Waals surface area contributed by atoms with Gasteiger partial charge in [0.15, 0.2) is 5.11 Å². The molecular weight excluding hydrogens is 421 g/mol. The molecule has 1 aromatic heterocycles. The fraction of sp³-hybridized carbons (Fsp3) is 0.360. The van der Waals surface area contributed by atoms with Crippen molar-refractivity contribution in [3.8, 4) is 11.3 Å². The molecule has 5 nitrogen and oxygen atoms in total. The molecule has 32 heavy (non-hydrogen) atoms. The smallest absolute Gasteiger partial charge is 0.170 e. The Kier molecular flexibility index (Phi) is 5.93. The Hall–Kier alpha value is -2.77. The van der Waals surface area contributed by atoms with Crippen molar-refractivity contribution in [2.45, 2.75) is 24.8 Å².